The normalized spacial score (nSPS) is 16.6. The third-order valence-electron chi connectivity index (χ3n) is 4.35. The summed E-state index contributed by atoms with van der Waals surface area (Å²) in [4.78, 5) is 19.6. The first-order valence-corrected chi connectivity index (χ1v) is 10.9. The molecule has 1 saturated heterocycles. The number of ether oxygens (including phenoxy) is 1. The van der Waals surface area contributed by atoms with E-state index >= 15 is 0 Å². The summed E-state index contributed by atoms with van der Waals surface area (Å²) >= 11 is 4.73. The van der Waals surface area contributed by atoms with E-state index in [-0.39, 0.29) is 11.9 Å². The highest BCUT2D eigenvalue weighted by Gasteiger charge is 2.28. The Labute approximate surface area is 158 Å². The van der Waals surface area contributed by atoms with Crippen LogP contribution in [0.5, 0.6) is 0 Å². The minimum atomic E-state index is -0.0855. The molecule has 130 valence electrons. The molecule has 0 bridgehead atoms. The monoisotopic (exact) mass is 390 g/mol. The van der Waals surface area contributed by atoms with Crippen LogP contribution >= 0.6 is 34.0 Å². The number of aromatic nitrogens is 1. The summed E-state index contributed by atoms with van der Waals surface area (Å²) in [5.74, 6) is 0.325. The van der Waals surface area contributed by atoms with Gasteiger partial charge in [0.1, 0.15) is 0 Å². The van der Waals surface area contributed by atoms with Gasteiger partial charge in [-0.15, -0.1) is 34.0 Å². The van der Waals surface area contributed by atoms with Crippen molar-refractivity contribution in [3.8, 4) is 10.6 Å². The van der Waals surface area contributed by atoms with E-state index in [1.165, 1.54) is 16.2 Å². The van der Waals surface area contributed by atoms with Crippen LogP contribution in [0.1, 0.15) is 33.6 Å². The summed E-state index contributed by atoms with van der Waals surface area (Å²) in [7, 11) is 0. The van der Waals surface area contributed by atoms with Gasteiger partial charge in [0.05, 0.1) is 16.6 Å². The average Bonchev–Trinajstić information content (AvgIpc) is 3.42. The van der Waals surface area contributed by atoms with E-state index in [0.717, 1.165) is 36.6 Å². The molecule has 0 aromatic carbocycles. The van der Waals surface area contributed by atoms with Gasteiger partial charge in [-0.05, 0) is 41.7 Å². The average molecular weight is 391 g/mol. The van der Waals surface area contributed by atoms with Gasteiger partial charge in [-0.1, -0.05) is 12.1 Å². The Hall–Kier alpha value is -1.54. The Morgan fingerprint density at radius 1 is 1.16 bits per heavy atom. The maximum atomic E-state index is 12.8. The summed E-state index contributed by atoms with van der Waals surface area (Å²) in [6, 6.07) is 8.20. The van der Waals surface area contributed by atoms with Gasteiger partial charge in [-0.2, -0.15) is 0 Å². The number of thiophene rings is 2. The molecule has 1 amide bonds. The Bertz CT molecular complexity index is 805. The van der Waals surface area contributed by atoms with Crippen LogP contribution in [0.25, 0.3) is 10.6 Å². The van der Waals surface area contributed by atoms with Gasteiger partial charge in [-0.25, -0.2) is 4.98 Å². The Kier molecular flexibility index (Phi) is 5.26. The number of hydrogen-bond donors (Lipinski definition) is 1. The van der Waals surface area contributed by atoms with Crippen molar-refractivity contribution >= 4 is 39.9 Å². The fourth-order valence-corrected chi connectivity index (χ4v) is 5.41. The van der Waals surface area contributed by atoms with E-state index in [9.17, 15) is 4.79 Å². The van der Waals surface area contributed by atoms with Crippen molar-refractivity contribution in [3.63, 3.8) is 0 Å². The lowest BCUT2D eigenvalue weighted by atomic mass is 9.90. The molecule has 3 aromatic heterocycles. The Balaban J connectivity index is 1.52. The third-order valence-corrected chi connectivity index (χ3v) is 7.03. The lowest BCUT2D eigenvalue weighted by molar-refractivity contribution is 0.0518. The first-order chi connectivity index (χ1) is 12.3. The summed E-state index contributed by atoms with van der Waals surface area (Å²) in [5.41, 5.74) is 0.879. The van der Waals surface area contributed by atoms with Crippen LogP contribution in [-0.2, 0) is 4.74 Å². The van der Waals surface area contributed by atoms with Crippen LogP contribution in [0, 0.1) is 5.92 Å². The molecule has 0 spiro atoms. The lowest BCUT2D eigenvalue weighted by Crippen LogP contribution is -2.35. The van der Waals surface area contributed by atoms with Crippen molar-refractivity contribution < 1.29 is 9.53 Å². The molecule has 1 aliphatic rings. The number of rotatable bonds is 5. The second-order valence-corrected chi connectivity index (χ2v) is 8.72. The van der Waals surface area contributed by atoms with Crippen LogP contribution < -0.4 is 5.32 Å². The largest absolute Gasteiger partial charge is 0.381 e. The van der Waals surface area contributed by atoms with E-state index in [0.29, 0.717) is 10.9 Å². The molecule has 0 aliphatic carbocycles. The molecular formula is C18H18N2O2S3. The van der Waals surface area contributed by atoms with Crippen molar-refractivity contribution in [2.75, 3.05) is 13.2 Å². The zero-order valence-electron chi connectivity index (χ0n) is 13.5. The van der Waals surface area contributed by atoms with Gasteiger partial charge in [0.2, 0.25) is 0 Å². The molecule has 1 atom stereocenters. The molecule has 0 radical (unpaired) electrons. The molecule has 4 rings (SSSR count). The number of amides is 1. The van der Waals surface area contributed by atoms with Gasteiger partial charge in [-0.3, -0.25) is 4.79 Å². The molecule has 4 nitrogen and oxygen atoms in total. The third kappa shape index (κ3) is 3.84. The summed E-state index contributed by atoms with van der Waals surface area (Å²) < 4.78 is 5.48. The molecule has 1 fully saturated rings. The molecule has 7 heteroatoms. The minimum absolute atomic E-state index is 0.0329. The number of nitrogens with one attached hydrogen (secondary N) is 1. The topological polar surface area (TPSA) is 51.2 Å². The van der Waals surface area contributed by atoms with Crippen LogP contribution in [-0.4, -0.2) is 24.1 Å². The number of nitrogens with zero attached hydrogens (tertiary/aromatic N) is 1. The first kappa shape index (κ1) is 16.9. The van der Waals surface area contributed by atoms with Gasteiger partial charge in [0, 0.05) is 23.5 Å². The highest BCUT2D eigenvalue weighted by Crippen LogP contribution is 2.33. The molecule has 0 saturated carbocycles. The molecular weight excluding hydrogens is 372 g/mol. The predicted octanol–water partition coefficient (Wildman–Crippen LogP) is 4.83. The standard InChI is InChI=1S/C18H18N2O2S3/c21-17(18-19-13(11-25-18)14-3-1-9-23-14)20-16(15-4-2-10-24-15)12-5-7-22-8-6-12/h1-4,9-12,16H,5-8H2,(H,20,21). The smallest absolute Gasteiger partial charge is 0.280 e. The van der Waals surface area contributed by atoms with Crippen molar-refractivity contribution in [1.29, 1.82) is 0 Å². The first-order valence-electron chi connectivity index (χ1n) is 8.22. The zero-order valence-corrected chi connectivity index (χ0v) is 16.0. The lowest BCUT2D eigenvalue weighted by Gasteiger charge is -2.30. The van der Waals surface area contributed by atoms with Crippen molar-refractivity contribution in [2.24, 2.45) is 5.92 Å². The fraction of sp³-hybridized carbons (Fsp3) is 0.333. The number of carbonyl (C=O) groups excluding carboxylic acids is 1. The van der Waals surface area contributed by atoms with Gasteiger partial charge < -0.3 is 10.1 Å². The van der Waals surface area contributed by atoms with Crippen LogP contribution in [0.4, 0.5) is 0 Å². The Morgan fingerprint density at radius 2 is 1.96 bits per heavy atom. The molecule has 4 heterocycles. The number of thiazole rings is 1. The number of hydrogen-bond acceptors (Lipinski definition) is 6. The molecule has 3 aromatic rings. The van der Waals surface area contributed by atoms with Crippen LogP contribution in [0.3, 0.4) is 0 Å². The summed E-state index contributed by atoms with van der Waals surface area (Å²) in [6.07, 6.45) is 1.95. The van der Waals surface area contributed by atoms with Crippen LogP contribution in [0.15, 0.2) is 40.4 Å². The second-order valence-electron chi connectivity index (χ2n) is 5.93. The van der Waals surface area contributed by atoms with E-state index < -0.39 is 0 Å². The highest BCUT2D eigenvalue weighted by atomic mass is 32.1. The fourth-order valence-electron chi connectivity index (χ4n) is 3.06. The van der Waals surface area contributed by atoms with Gasteiger partial charge in [0.25, 0.3) is 5.91 Å². The summed E-state index contributed by atoms with van der Waals surface area (Å²) in [6.45, 7) is 1.53. The predicted molar refractivity (Wildman–Crippen MR) is 103 cm³/mol. The Morgan fingerprint density at radius 3 is 2.68 bits per heavy atom. The van der Waals surface area contributed by atoms with E-state index in [2.05, 4.69) is 21.7 Å². The van der Waals surface area contributed by atoms with E-state index in [1.54, 1.807) is 22.7 Å². The van der Waals surface area contributed by atoms with Gasteiger partial charge >= 0.3 is 0 Å². The SMILES string of the molecule is O=C(NC(c1cccs1)C1CCOCC1)c1nc(-c2cccs2)cs1. The maximum absolute atomic E-state index is 12.8. The zero-order chi connectivity index (χ0) is 17.1. The van der Waals surface area contributed by atoms with Crippen molar-refractivity contribution in [1.82, 2.24) is 10.3 Å². The second kappa shape index (κ2) is 7.78. The van der Waals surface area contributed by atoms with Crippen molar-refractivity contribution in [2.45, 2.75) is 18.9 Å². The molecule has 1 N–H and O–H groups in total. The molecule has 1 unspecified atom stereocenters. The van der Waals surface area contributed by atoms with E-state index in [4.69, 9.17) is 4.74 Å². The van der Waals surface area contributed by atoms with Gasteiger partial charge in [0.15, 0.2) is 5.01 Å². The van der Waals surface area contributed by atoms with E-state index in [1.807, 2.05) is 29.0 Å². The maximum Gasteiger partial charge on any atom is 0.280 e. The quantitative estimate of drug-likeness (QED) is 0.679. The van der Waals surface area contributed by atoms with Crippen LogP contribution in [0.2, 0.25) is 0 Å². The minimum Gasteiger partial charge on any atom is -0.381 e. The molecule has 25 heavy (non-hydrogen) atoms. The summed E-state index contributed by atoms with van der Waals surface area (Å²) in [5, 5.41) is 9.79. The molecule has 1 aliphatic heterocycles. The highest BCUT2D eigenvalue weighted by molar-refractivity contribution is 7.15. The number of carbonyl (C=O) groups is 1. The van der Waals surface area contributed by atoms with Crippen molar-refractivity contribution in [3.05, 3.63) is 50.3 Å².